The van der Waals surface area contributed by atoms with Gasteiger partial charge in [-0.3, -0.25) is 4.98 Å². The number of hydrogen-bond acceptors (Lipinski definition) is 4. The van der Waals surface area contributed by atoms with Crippen LogP contribution in [0.4, 0.5) is 0 Å². The number of aliphatic hydroxyl groups is 2. The molecule has 2 unspecified atom stereocenters. The molecule has 4 aromatic carbocycles. The Hall–Kier alpha value is -2.69. The van der Waals surface area contributed by atoms with E-state index in [2.05, 4.69) is 50.2 Å². The first-order valence-electron chi connectivity index (χ1n) is 11.3. The normalized spacial score (nSPS) is 12.6. The Bertz CT molecular complexity index is 1410. The van der Waals surface area contributed by atoms with Gasteiger partial charge in [-0.25, -0.2) is 0 Å². The molecule has 0 aliphatic carbocycles. The molecule has 0 fully saturated rings. The van der Waals surface area contributed by atoms with E-state index in [9.17, 15) is 0 Å². The second-order valence-corrected chi connectivity index (χ2v) is 8.69. The van der Waals surface area contributed by atoms with Crippen LogP contribution in [0.15, 0.2) is 66.9 Å². The van der Waals surface area contributed by atoms with Gasteiger partial charge in [0.1, 0.15) is 0 Å². The summed E-state index contributed by atoms with van der Waals surface area (Å²) in [4.78, 5) is 9.81. The molecule has 177 valence electrons. The van der Waals surface area contributed by atoms with E-state index in [1.807, 2.05) is 36.5 Å². The zero-order valence-electron chi connectivity index (χ0n) is 19.8. The molecule has 0 saturated heterocycles. The third-order valence-corrected chi connectivity index (χ3v) is 5.80. The minimum Gasteiger partial charge on any atom is -0.393 e. The predicted molar refractivity (Wildman–Crippen MR) is 136 cm³/mol. The van der Waals surface area contributed by atoms with Gasteiger partial charge >= 0.3 is 0 Å². The van der Waals surface area contributed by atoms with Crippen LogP contribution in [-0.4, -0.2) is 32.4 Å². The van der Waals surface area contributed by atoms with Crippen molar-refractivity contribution < 1.29 is 30.3 Å². The summed E-state index contributed by atoms with van der Waals surface area (Å²) < 4.78 is 0. The molecule has 1 heterocycles. The van der Waals surface area contributed by atoms with Crippen LogP contribution >= 0.6 is 0 Å². The maximum Gasteiger partial charge on any atom is 0.0873 e. The number of aliphatic hydroxyl groups excluding tert-OH is 2. The van der Waals surface area contributed by atoms with Crippen molar-refractivity contribution in [2.45, 2.75) is 46.3 Å². The number of aromatic nitrogens is 2. The summed E-state index contributed by atoms with van der Waals surface area (Å²) in [5.41, 5.74) is 6.39. The molecule has 1 aromatic heterocycles. The third kappa shape index (κ3) is 5.51. The van der Waals surface area contributed by atoms with Gasteiger partial charge in [0.2, 0.25) is 0 Å². The van der Waals surface area contributed by atoms with E-state index in [0.29, 0.717) is 6.42 Å². The number of aryl methyl sites for hydroxylation is 2. The first kappa shape index (κ1) is 25.9. The summed E-state index contributed by atoms with van der Waals surface area (Å²) in [7, 11) is 0. The molecule has 2 atom stereocenters. The van der Waals surface area contributed by atoms with Crippen molar-refractivity contribution >= 4 is 32.6 Å². The van der Waals surface area contributed by atoms with Crippen LogP contribution in [0.25, 0.3) is 43.8 Å². The summed E-state index contributed by atoms with van der Waals surface area (Å²) in [5.74, 6) is 0. The molecule has 0 saturated carbocycles. The largest absolute Gasteiger partial charge is 0.393 e. The topological polar surface area (TPSA) is 66.2 Å². The van der Waals surface area contributed by atoms with Crippen molar-refractivity contribution in [3.8, 4) is 11.3 Å². The molecular weight excluding hydrogens is 601 g/mol. The fraction of sp³-hybridized carbons (Fsp3) is 0.241. The standard InChI is InChI=1S/C24H17N2.C5H12O2.Ir/c1-15-12-20-18-10-6-7-11-19(18)23-24(21(20)13-16(15)2)26-22(14-25-23)17-8-4-3-5-9-17;1-4(6)3-5(2)7;/h3-10,12-14H,1-2H3;4-7H,3H2,1-2H3;/q-1;;. The van der Waals surface area contributed by atoms with Crippen molar-refractivity contribution in [2.24, 2.45) is 0 Å². The molecule has 0 bridgehead atoms. The van der Waals surface area contributed by atoms with Gasteiger partial charge in [0.25, 0.3) is 0 Å². The summed E-state index contributed by atoms with van der Waals surface area (Å²) in [6.07, 6.45) is 1.59. The molecule has 1 radical (unpaired) electrons. The fourth-order valence-electron chi connectivity index (χ4n) is 4.09. The van der Waals surface area contributed by atoms with Crippen LogP contribution in [0.3, 0.4) is 0 Å². The van der Waals surface area contributed by atoms with E-state index in [0.717, 1.165) is 33.1 Å². The molecule has 0 aliphatic rings. The van der Waals surface area contributed by atoms with Gasteiger partial charge in [-0.05, 0) is 50.6 Å². The second-order valence-electron chi connectivity index (χ2n) is 8.69. The van der Waals surface area contributed by atoms with E-state index in [4.69, 9.17) is 20.2 Å². The molecule has 0 amide bonds. The van der Waals surface area contributed by atoms with Gasteiger partial charge < -0.3 is 15.2 Å². The van der Waals surface area contributed by atoms with Crippen molar-refractivity contribution in [2.75, 3.05) is 0 Å². The molecule has 0 aliphatic heterocycles. The van der Waals surface area contributed by atoms with E-state index in [1.54, 1.807) is 13.8 Å². The Kier molecular flexibility index (Phi) is 8.51. The molecule has 0 spiro atoms. The zero-order chi connectivity index (χ0) is 23.5. The summed E-state index contributed by atoms with van der Waals surface area (Å²) >= 11 is 0. The number of benzene rings is 4. The molecular formula is C29H29IrN2O2-. The van der Waals surface area contributed by atoms with E-state index < -0.39 is 0 Å². The Labute approximate surface area is 214 Å². The second kappa shape index (κ2) is 11.2. The molecule has 4 nitrogen and oxygen atoms in total. The minimum atomic E-state index is -0.375. The number of hydrogen-bond donors (Lipinski definition) is 2. The first-order valence-corrected chi connectivity index (χ1v) is 11.3. The first-order chi connectivity index (χ1) is 15.8. The Balaban J connectivity index is 0.000000357. The average Bonchev–Trinajstić information content (AvgIpc) is 2.80. The van der Waals surface area contributed by atoms with Gasteiger partial charge in [0, 0.05) is 37.4 Å². The summed E-state index contributed by atoms with van der Waals surface area (Å²) in [6, 6.07) is 24.2. The fourth-order valence-corrected chi connectivity index (χ4v) is 4.09. The maximum atomic E-state index is 8.56. The van der Waals surface area contributed by atoms with E-state index in [-0.39, 0.29) is 32.3 Å². The van der Waals surface area contributed by atoms with Gasteiger partial charge in [-0.2, -0.15) is 0 Å². The minimum absolute atomic E-state index is 0. The maximum absolute atomic E-state index is 8.56. The SMILES string of the molecule is CC(O)CC(C)O.Cc1cc2c3ccc[c-]c3c3ncc(-c4ccccc4)nc3c2cc1C.[Ir]. The quantitative estimate of drug-likeness (QED) is 0.186. The number of fused-ring (bicyclic) bond motifs is 6. The van der Waals surface area contributed by atoms with Crippen LogP contribution in [0.1, 0.15) is 31.4 Å². The molecule has 34 heavy (non-hydrogen) atoms. The average molecular weight is 630 g/mol. The van der Waals surface area contributed by atoms with Crippen LogP contribution < -0.4 is 0 Å². The molecule has 5 rings (SSSR count). The zero-order valence-corrected chi connectivity index (χ0v) is 22.2. The Morgan fingerprint density at radius 2 is 1.47 bits per heavy atom. The molecule has 2 N–H and O–H groups in total. The molecule has 5 heteroatoms. The van der Waals surface area contributed by atoms with Crippen LogP contribution in [0.5, 0.6) is 0 Å². The summed E-state index contributed by atoms with van der Waals surface area (Å²) in [5, 5.41) is 21.7. The van der Waals surface area contributed by atoms with Crippen molar-refractivity contribution in [1.29, 1.82) is 0 Å². The number of nitrogens with zero attached hydrogens (tertiary/aromatic N) is 2. The van der Waals surface area contributed by atoms with Gasteiger partial charge in [-0.1, -0.05) is 53.2 Å². The Morgan fingerprint density at radius 3 is 2.09 bits per heavy atom. The van der Waals surface area contributed by atoms with E-state index >= 15 is 0 Å². The van der Waals surface area contributed by atoms with Gasteiger partial charge in [-0.15, -0.1) is 29.7 Å². The smallest absolute Gasteiger partial charge is 0.0873 e. The van der Waals surface area contributed by atoms with Crippen LogP contribution in [-0.2, 0) is 20.1 Å². The van der Waals surface area contributed by atoms with Crippen LogP contribution in [0.2, 0.25) is 0 Å². The predicted octanol–water partition coefficient (Wildman–Crippen LogP) is 6.16. The third-order valence-electron chi connectivity index (χ3n) is 5.80. The van der Waals surface area contributed by atoms with Crippen molar-refractivity contribution in [1.82, 2.24) is 9.97 Å². The number of rotatable bonds is 3. The van der Waals surface area contributed by atoms with Crippen molar-refractivity contribution in [3.63, 3.8) is 0 Å². The molecule has 5 aromatic rings. The summed E-state index contributed by atoms with van der Waals surface area (Å²) in [6.45, 7) is 7.62. The van der Waals surface area contributed by atoms with Gasteiger partial charge in [0.15, 0.2) is 0 Å². The van der Waals surface area contributed by atoms with E-state index in [1.165, 1.54) is 21.9 Å². The monoisotopic (exact) mass is 630 g/mol. The van der Waals surface area contributed by atoms with Gasteiger partial charge in [0.05, 0.1) is 23.4 Å². The van der Waals surface area contributed by atoms with Crippen LogP contribution in [0, 0.1) is 19.9 Å². The van der Waals surface area contributed by atoms with Crippen molar-refractivity contribution in [3.05, 3.63) is 84.1 Å². The Morgan fingerprint density at radius 1 is 0.824 bits per heavy atom.